The van der Waals surface area contributed by atoms with Crippen LogP contribution in [-0.2, 0) is 13.0 Å². The minimum absolute atomic E-state index is 0.228. The average Bonchev–Trinajstić information content (AvgIpc) is 2.95. The standard InChI is InChI=1S/C17H20N2O2/c1-12(2)19-10-9-13(18-19)11-21-17-8-4-5-14-15(17)6-3-7-16(14)20/h4-5,8-10,12H,3,6-7,11H2,1-2H3. The molecule has 1 aliphatic carbocycles. The second kappa shape index (κ2) is 5.72. The van der Waals surface area contributed by atoms with Crippen molar-refractivity contribution in [2.75, 3.05) is 0 Å². The number of aromatic nitrogens is 2. The molecule has 0 spiro atoms. The summed E-state index contributed by atoms with van der Waals surface area (Å²) in [6, 6.07) is 8.06. The molecule has 110 valence electrons. The van der Waals surface area contributed by atoms with E-state index in [1.807, 2.05) is 35.1 Å². The van der Waals surface area contributed by atoms with E-state index in [1.165, 1.54) is 0 Å². The maximum absolute atomic E-state index is 11.9. The third kappa shape index (κ3) is 2.84. The molecule has 0 atom stereocenters. The van der Waals surface area contributed by atoms with Gasteiger partial charge in [0.05, 0.1) is 5.69 Å². The van der Waals surface area contributed by atoms with Crippen LogP contribution in [0.25, 0.3) is 0 Å². The van der Waals surface area contributed by atoms with Crippen molar-refractivity contribution in [1.82, 2.24) is 9.78 Å². The lowest BCUT2D eigenvalue weighted by molar-refractivity contribution is 0.0971. The maximum Gasteiger partial charge on any atom is 0.163 e. The van der Waals surface area contributed by atoms with E-state index in [9.17, 15) is 4.79 Å². The zero-order valence-electron chi connectivity index (χ0n) is 12.5. The molecule has 0 aliphatic heterocycles. The van der Waals surface area contributed by atoms with E-state index in [1.54, 1.807) is 0 Å². The topological polar surface area (TPSA) is 44.1 Å². The Morgan fingerprint density at radius 1 is 1.29 bits per heavy atom. The number of nitrogens with zero attached hydrogens (tertiary/aromatic N) is 2. The van der Waals surface area contributed by atoms with Gasteiger partial charge in [-0.25, -0.2) is 0 Å². The van der Waals surface area contributed by atoms with Gasteiger partial charge in [0, 0.05) is 29.8 Å². The Labute approximate surface area is 124 Å². The molecule has 1 aromatic carbocycles. The van der Waals surface area contributed by atoms with E-state index in [2.05, 4.69) is 18.9 Å². The second-order valence-electron chi connectivity index (χ2n) is 5.73. The Kier molecular flexibility index (Phi) is 3.78. The molecule has 4 nitrogen and oxygen atoms in total. The van der Waals surface area contributed by atoms with Gasteiger partial charge in [0.2, 0.25) is 0 Å². The number of benzene rings is 1. The van der Waals surface area contributed by atoms with Crippen molar-refractivity contribution in [3.63, 3.8) is 0 Å². The summed E-state index contributed by atoms with van der Waals surface area (Å²) >= 11 is 0. The Morgan fingerprint density at radius 2 is 2.14 bits per heavy atom. The van der Waals surface area contributed by atoms with Crippen molar-refractivity contribution in [2.45, 2.75) is 45.8 Å². The molecular weight excluding hydrogens is 264 g/mol. The van der Waals surface area contributed by atoms with E-state index >= 15 is 0 Å². The molecule has 1 heterocycles. The van der Waals surface area contributed by atoms with Crippen molar-refractivity contribution in [3.8, 4) is 5.75 Å². The van der Waals surface area contributed by atoms with Gasteiger partial charge < -0.3 is 4.74 Å². The van der Waals surface area contributed by atoms with Crippen LogP contribution in [0.5, 0.6) is 5.75 Å². The molecule has 21 heavy (non-hydrogen) atoms. The summed E-state index contributed by atoms with van der Waals surface area (Å²) in [5.74, 6) is 1.05. The number of carbonyl (C=O) groups excluding carboxylic acids is 1. The van der Waals surface area contributed by atoms with E-state index < -0.39 is 0 Å². The van der Waals surface area contributed by atoms with Crippen molar-refractivity contribution in [2.24, 2.45) is 0 Å². The van der Waals surface area contributed by atoms with E-state index in [0.29, 0.717) is 19.1 Å². The minimum Gasteiger partial charge on any atom is -0.487 e. The molecule has 4 heteroatoms. The first-order valence-electron chi connectivity index (χ1n) is 7.47. The van der Waals surface area contributed by atoms with Gasteiger partial charge in [-0.15, -0.1) is 0 Å². The largest absolute Gasteiger partial charge is 0.487 e. The van der Waals surface area contributed by atoms with Gasteiger partial charge in [-0.3, -0.25) is 9.48 Å². The van der Waals surface area contributed by atoms with Crippen LogP contribution in [0.15, 0.2) is 30.5 Å². The Balaban J connectivity index is 1.76. The summed E-state index contributed by atoms with van der Waals surface area (Å²) in [7, 11) is 0. The molecule has 0 bridgehead atoms. The molecule has 3 rings (SSSR count). The van der Waals surface area contributed by atoms with Crippen LogP contribution in [0.3, 0.4) is 0 Å². The normalized spacial score (nSPS) is 14.3. The lowest BCUT2D eigenvalue weighted by atomic mass is 9.90. The first kappa shape index (κ1) is 13.9. The highest BCUT2D eigenvalue weighted by molar-refractivity contribution is 5.99. The first-order chi connectivity index (χ1) is 10.1. The number of ketones is 1. The van der Waals surface area contributed by atoms with Crippen LogP contribution in [-0.4, -0.2) is 15.6 Å². The Morgan fingerprint density at radius 3 is 2.90 bits per heavy atom. The predicted molar refractivity (Wildman–Crippen MR) is 80.7 cm³/mol. The van der Waals surface area contributed by atoms with Gasteiger partial charge in [-0.1, -0.05) is 12.1 Å². The molecule has 0 amide bonds. The summed E-state index contributed by atoms with van der Waals surface area (Å²) in [4.78, 5) is 11.9. The molecule has 0 unspecified atom stereocenters. The SMILES string of the molecule is CC(C)n1ccc(COc2cccc3c2CCCC3=O)n1. The van der Waals surface area contributed by atoms with Crippen LogP contribution in [0.1, 0.15) is 54.3 Å². The van der Waals surface area contributed by atoms with Crippen LogP contribution < -0.4 is 4.74 Å². The van der Waals surface area contributed by atoms with Gasteiger partial charge in [-0.2, -0.15) is 5.10 Å². The number of carbonyl (C=O) groups is 1. The number of ether oxygens (including phenoxy) is 1. The smallest absolute Gasteiger partial charge is 0.163 e. The molecule has 0 saturated heterocycles. The van der Waals surface area contributed by atoms with Crippen LogP contribution in [0, 0.1) is 0 Å². The van der Waals surface area contributed by atoms with Crippen molar-refractivity contribution in [3.05, 3.63) is 47.3 Å². The Bertz CT molecular complexity index is 659. The van der Waals surface area contributed by atoms with Crippen molar-refractivity contribution in [1.29, 1.82) is 0 Å². The van der Waals surface area contributed by atoms with Crippen molar-refractivity contribution >= 4 is 5.78 Å². The predicted octanol–water partition coefficient (Wildman–Crippen LogP) is 3.56. The number of fused-ring (bicyclic) bond motifs is 1. The number of rotatable bonds is 4. The summed E-state index contributed by atoms with van der Waals surface area (Å²) in [6.45, 7) is 4.62. The van der Waals surface area contributed by atoms with E-state index in [0.717, 1.165) is 35.4 Å². The molecular formula is C17H20N2O2. The highest BCUT2D eigenvalue weighted by Gasteiger charge is 2.20. The zero-order chi connectivity index (χ0) is 14.8. The molecule has 0 saturated carbocycles. The first-order valence-corrected chi connectivity index (χ1v) is 7.47. The molecule has 1 aliphatic rings. The van der Waals surface area contributed by atoms with Gasteiger partial charge in [0.1, 0.15) is 12.4 Å². The summed E-state index contributed by atoms with van der Waals surface area (Å²) < 4.78 is 7.82. The van der Waals surface area contributed by atoms with Gasteiger partial charge in [-0.05, 0) is 38.8 Å². The molecule has 2 aromatic rings. The lowest BCUT2D eigenvalue weighted by Gasteiger charge is -2.18. The highest BCUT2D eigenvalue weighted by Crippen LogP contribution is 2.30. The zero-order valence-corrected chi connectivity index (χ0v) is 12.5. The Hall–Kier alpha value is -2.10. The van der Waals surface area contributed by atoms with Crippen LogP contribution in [0.2, 0.25) is 0 Å². The van der Waals surface area contributed by atoms with E-state index in [-0.39, 0.29) is 5.78 Å². The number of Topliss-reactive ketones (excluding diaryl/α,β-unsaturated/α-hetero) is 1. The maximum atomic E-state index is 11.9. The lowest BCUT2D eigenvalue weighted by Crippen LogP contribution is -2.12. The van der Waals surface area contributed by atoms with Gasteiger partial charge in [0.25, 0.3) is 0 Å². The van der Waals surface area contributed by atoms with Crippen LogP contribution >= 0.6 is 0 Å². The molecule has 0 fully saturated rings. The van der Waals surface area contributed by atoms with Crippen molar-refractivity contribution < 1.29 is 9.53 Å². The summed E-state index contributed by atoms with van der Waals surface area (Å²) in [5, 5.41) is 4.48. The average molecular weight is 284 g/mol. The highest BCUT2D eigenvalue weighted by atomic mass is 16.5. The van der Waals surface area contributed by atoms with Crippen LogP contribution in [0.4, 0.5) is 0 Å². The second-order valence-corrected chi connectivity index (χ2v) is 5.73. The number of hydrogen-bond acceptors (Lipinski definition) is 3. The van der Waals surface area contributed by atoms with Gasteiger partial charge in [0.15, 0.2) is 5.78 Å². The van der Waals surface area contributed by atoms with Gasteiger partial charge >= 0.3 is 0 Å². The fourth-order valence-corrected chi connectivity index (χ4v) is 2.67. The summed E-state index contributed by atoms with van der Waals surface area (Å²) in [6.07, 6.45) is 4.44. The molecule has 1 aromatic heterocycles. The summed E-state index contributed by atoms with van der Waals surface area (Å²) in [5.41, 5.74) is 2.78. The number of hydrogen-bond donors (Lipinski definition) is 0. The molecule has 0 radical (unpaired) electrons. The minimum atomic E-state index is 0.228. The fourth-order valence-electron chi connectivity index (χ4n) is 2.67. The van der Waals surface area contributed by atoms with E-state index in [4.69, 9.17) is 4.74 Å². The third-order valence-corrected chi connectivity index (χ3v) is 3.83. The quantitative estimate of drug-likeness (QED) is 0.862. The molecule has 0 N–H and O–H groups in total. The fraction of sp³-hybridized carbons (Fsp3) is 0.412. The monoisotopic (exact) mass is 284 g/mol. The third-order valence-electron chi connectivity index (χ3n) is 3.83.